The normalized spacial score (nSPS) is 12.9. The van der Waals surface area contributed by atoms with E-state index < -0.39 is 5.41 Å². The number of fused-ring (bicyclic) bond motifs is 6. The number of hydrogen-bond donors (Lipinski definition) is 0. The Balaban J connectivity index is 1.23. The molecule has 2 nitrogen and oxygen atoms in total. The van der Waals surface area contributed by atoms with Gasteiger partial charge in [-0.2, -0.15) is 0 Å². The van der Waals surface area contributed by atoms with Gasteiger partial charge in [-0.25, -0.2) is 0 Å². The first kappa shape index (κ1) is 29.3. The van der Waals surface area contributed by atoms with Gasteiger partial charge >= 0.3 is 0 Å². The second-order valence-corrected chi connectivity index (χ2v) is 13.2. The minimum absolute atomic E-state index is 0.520. The van der Waals surface area contributed by atoms with E-state index in [2.05, 4.69) is 205 Å². The number of nitrogens with zero attached hydrogens (tertiary/aromatic N) is 1. The third-order valence-corrected chi connectivity index (χ3v) is 10.5. The molecule has 51 heavy (non-hydrogen) atoms. The highest BCUT2D eigenvalue weighted by Gasteiger charge is 2.47. The summed E-state index contributed by atoms with van der Waals surface area (Å²) in [6, 6.07) is 71.9. The second kappa shape index (κ2) is 11.8. The zero-order valence-corrected chi connectivity index (χ0v) is 27.9. The maximum absolute atomic E-state index is 6.86. The van der Waals surface area contributed by atoms with Gasteiger partial charge in [0.05, 0.1) is 11.1 Å². The van der Waals surface area contributed by atoms with Crippen LogP contribution in [0.3, 0.4) is 0 Å². The molecule has 2 heteroatoms. The smallest absolute Gasteiger partial charge is 0.137 e. The lowest BCUT2D eigenvalue weighted by atomic mass is 9.66. The number of para-hydroxylation sites is 2. The summed E-state index contributed by atoms with van der Waals surface area (Å²) in [4.78, 5) is 2.34. The van der Waals surface area contributed by atoms with Gasteiger partial charge in [0.1, 0.15) is 11.2 Å². The monoisotopic (exact) mass is 651 g/mol. The molecule has 0 saturated carbocycles. The summed E-state index contributed by atoms with van der Waals surface area (Å²) in [5.74, 6) is 0. The first-order valence-corrected chi connectivity index (χ1v) is 17.5. The Labute approximate surface area is 297 Å². The van der Waals surface area contributed by atoms with Gasteiger partial charge in [0.15, 0.2) is 0 Å². The topological polar surface area (TPSA) is 16.4 Å². The SMILES string of the molecule is c1ccc(-c2ccccc2N(c2ccccc2)c2ccc3c(c2)oc2cccc(C4(c5ccccc5)c5ccccc5-c5ccccc54)c23)cc1. The first-order valence-electron chi connectivity index (χ1n) is 17.5. The van der Waals surface area contributed by atoms with Gasteiger partial charge in [0.2, 0.25) is 0 Å². The molecule has 1 heterocycles. The average molecular weight is 652 g/mol. The van der Waals surface area contributed by atoms with Gasteiger partial charge in [-0.3, -0.25) is 0 Å². The summed E-state index contributed by atoms with van der Waals surface area (Å²) in [6.07, 6.45) is 0. The quantitative estimate of drug-likeness (QED) is 0.178. The highest BCUT2D eigenvalue weighted by molar-refractivity contribution is 6.10. The van der Waals surface area contributed by atoms with Gasteiger partial charge in [0.25, 0.3) is 0 Å². The maximum Gasteiger partial charge on any atom is 0.137 e. The van der Waals surface area contributed by atoms with Crippen LogP contribution in [0.2, 0.25) is 0 Å². The third kappa shape index (κ3) is 4.43. The lowest BCUT2D eigenvalue weighted by Crippen LogP contribution is -2.28. The number of hydrogen-bond acceptors (Lipinski definition) is 2. The molecule has 0 amide bonds. The molecule has 0 fully saturated rings. The van der Waals surface area contributed by atoms with Crippen LogP contribution in [0.1, 0.15) is 22.3 Å². The Hall–Kier alpha value is -6.64. The van der Waals surface area contributed by atoms with E-state index in [1.165, 1.54) is 38.9 Å². The van der Waals surface area contributed by atoms with Crippen molar-refractivity contribution in [1.29, 1.82) is 0 Å². The Bertz CT molecular complexity index is 2650. The molecule has 0 bridgehead atoms. The van der Waals surface area contributed by atoms with Crippen LogP contribution >= 0.6 is 0 Å². The fourth-order valence-corrected chi connectivity index (χ4v) is 8.48. The molecule has 0 spiro atoms. The molecule has 9 aromatic rings. The summed E-state index contributed by atoms with van der Waals surface area (Å²) >= 11 is 0. The number of benzene rings is 8. The van der Waals surface area contributed by atoms with E-state index in [1.54, 1.807) is 0 Å². The van der Waals surface area contributed by atoms with Crippen molar-refractivity contribution in [3.63, 3.8) is 0 Å². The maximum atomic E-state index is 6.86. The molecule has 240 valence electrons. The minimum Gasteiger partial charge on any atom is -0.456 e. The van der Waals surface area contributed by atoms with Crippen LogP contribution in [0, 0.1) is 0 Å². The number of anilines is 3. The molecule has 1 aliphatic carbocycles. The van der Waals surface area contributed by atoms with Crippen molar-refractivity contribution >= 4 is 39.0 Å². The Morgan fingerprint density at radius 1 is 0.392 bits per heavy atom. The Kier molecular flexibility index (Phi) is 6.75. The first-order chi connectivity index (χ1) is 25.3. The van der Waals surface area contributed by atoms with Crippen molar-refractivity contribution in [2.45, 2.75) is 5.41 Å². The molecular weight excluding hydrogens is 619 g/mol. The van der Waals surface area contributed by atoms with Crippen LogP contribution in [-0.2, 0) is 5.41 Å². The van der Waals surface area contributed by atoms with E-state index in [0.717, 1.165) is 44.6 Å². The molecule has 0 unspecified atom stereocenters. The molecule has 0 N–H and O–H groups in total. The number of rotatable bonds is 6. The van der Waals surface area contributed by atoms with Gasteiger partial charge in [0, 0.05) is 33.8 Å². The van der Waals surface area contributed by atoms with Crippen molar-refractivity contribution in [1.82, 2.24) is 0 Å². The highest BCUT2D eigenvalue weighted by atomic mass is 16.3. The van der Waals surface area contributed by atoms with E-state index in [1.807, 2.05) is 0 Å². The summed E-state index contributed by atoms with van der Waals surface area (Å²) in [7, 11) is 0. The van der Waals surface area contributed by atoms with Gasteiger partial charge in [-0.05, 0) is 75.3 Å². The molecule has 0 aliphatic heterocycles. The van der Waals surface area contributed by atoms with Gasteiger partial charge in [-0.15, -0.1) is 0 Å². The predicted molar refractivity (Wildman–Crippen MR) is 211 cm³/mol. The standard InChI is InChI=1S/C49H33NO/c1-4-17-34(18-5-1)38-23-12-15-29-45(38)50(36-21-8-3-9-22-36)37-31-32-41-47(33-37)51-46-30-16-28-44(48(41)46)49(35-19-6-2-7-20-35)42-26-13-10-24-39(42)40-25-11-14-27-43(40)49/h1-33H. The van der Waals surface area contributed by atoms with E-state index in [0.29, 0.717) is 0 Å². The van der Waals surface area contributed by atoms with Crippen molar-refractivity contribution in [2.24, 2.45) is 0 Å². The van der Waals surface area contributed by atoms with Crippen LogP contribution < -0.4 is 4.90 Å². The summed E-state index contributed by atoms with van der Waals surface area (Å²) in [5, 5.41) is 2.25. The van der Waals surface area contributed by atoms with E-state index >= 15 is 0 Å². The van der Waals surface area contributed by atoms with Crippen molar-refractivity contribution in [2.75, 3.05) is 4.90 Å². The molecular formula is C49H33NO. The minimum atomic E-state index is -0.520. The number of furan rings is 1. The lowest BCUT2D eigenvalue weighted by molar-refractivity contribution is 0.667. The predicted octanol–water partition coefficient (Wildman–Crippen LogP) is 13.1. The molecule has 0 atom stereocenters. The molecule has 1 aliphatic rings. The molecule has 0 radical (unpaired) electrons. The molecule has 10 rings (SSSR count). The fraction of sp³-hybridized carbons (Fsp3) is 0.0204. The highest BCUT2D eigenvalue weighted by Crippen LogP contribution is 2.58. The van der Waals surface area contributed by atoms with Crippen LogP contribution in [-0.4, -0.2) is 0 Å². The van der Waals surface area contributed by atoms with Crippen molar-refractivity contribution < 1.29 is 4.42 Å². The zero-order valence-electron chi connectivity index (χ0n) is 27.9. The second-order valence-electron chi connectivity index (χ2n) is 13.2. The van der Waals surface area contributed by atoms with Crippen LogP contribution in [0.25, 0.3) is 44.2 Å². The summed E-state index contributed by atoms with van der Waals surface area (Å²) in [5.41, 5.74) is 14.4. The van der Waals surface area contributed by atoms with Crippen LogP contribution in [0.15, 0.2) is 205 Å². The fourth-order valence-electron chi connectivity index (χ4n) is 8.48. The van der Waals surface area contributed by atoms with Crippen molar-refractivity contribution in [3.05, 3.63) is 222 Å². The van der Waals surface area contributed by atoms with Crippen molar-refractivity contribution in [3.8, 4) is 22.3 Å². The van der Waals surface area contributed by atoms with Gasteiger partial charge in [-0.1, -0.05) is 158 Å². The summed E-state index contributed by atoms with van der Waals surface area (Å²) in [6.45, 7) is 0. The average Bonchev–Trinajstić information content (AvgIpc) is 3.73. The molecule has 1 aromatic heterocycles. The molecule has 0 saturated heterocycles. The van der Waals surface area contributed by atoms with E-state index in [4.69, 9.17) is 4.42 Å². The van der Waals surface area contributed by atoms with Gasteiger partial charge < -0.3 is 9.32 Å². The third-order valence-electron chi connectivity index (χ3n) is 10.5. The Morgan fingerprint density at radius 2 is 0.961 bits per heavy atom. The summed E-state index contributed by atoms with van der Waals surface area (Å²) < 4.78 is 6.86. The zero-order chi connectivity index (χ0) is 33.8. The molecule has 8 aromatic carbocycles. The van der Waals surface area contributed by atoms with E-state index in [-0.39, 0.29) is 0 Å². The lowest BCUT2D eigenvalue weighted by Gasteiger charge is -2.34. The van der Waals surface area contributed by atoms with Crippen LogP contribution in [0.4, 0.5) is 17.1 Å². The van der Waals surface area contributed by atoms with Crippen LogP contribution in [0.5, 0.6) is 0 Å². The largest absolute Gasteiger partial charge is 0.456 e. The Morgan fingerprint density at radius 3 is 1.67 bits per heavy atom. The van der Waals surface area contributed by atoms with E-state index in [9.17, 15) is 0 Å².